The van der Waals surface area contributed by atoms with Crippen LogP contribution in [0.2, 0.25) is 0 Å². The van der Waals surface area contributed by atoms with E-state index in [4.69, 9.17) is 14.2 Å². The molecule has 186 valence electrons. The first kappa shape index (κ1) is 24.9. The Morgan fingerprint density at radius 1 is 1.09 bits per heavy atom. The van der Waals surface area contributed by atoms with Crippen molar-refractivity contribution in [2.45, 2.75) is 18.6 Å². The molecular weight excluding hydrogens is 466 g/mol. The number of hydrogen-bond acceptors (Lipinski definition) is 8. The highest BCUT2D eigenvalue weighted by atomic mass is 32.2. The first-order valence-electron chi connectivity index (χ1n) is 11.4. The number of ether oxygens (including phenoxy) is 3. The fraction of sp³-hybridized carbons (Fsp3) is 0.400. The third-order valence-corrected chi connectivity index (χ3v) is 6.80. The molecule has 3 aromatic rings. The summed E-state index contributed by atoms with van der Waals surface area (Å²) in [6.45, 7) is 5.34. The zero-order valence-electron chi connectivity index (χ0n) is 20.6. The van der Waals surface area contributed by atoms with Crippen molar-refractivity contribution in [1.29, 1.82) is 0 Å². The van der Waals surface area contributed by atoms with Crippen LogP contribution in [0.5, 0.6) is 11.5 Å². The van der Waals surface area contributed by atoms with Gasteiger partial charge in [-0.1, -0.05) is 36.0 Å². The van der Waals surface area contributed by atoms with Gasteiger partial charge in [0.15, 0.2) is 16.7 Å². The summed E-state index contributed by atoms with van der Waals surface area (Å²) in [4.78, 5) is 16.9. The van der Waals surface area contributed by atoms with Crippen LogP contribution in [0, 0.1) is 6.92 Å². The second-order valence-electron chi connectivity index (χ2n) is 8.23. The lowest BCUT2D eigenvalue weighted by atomic mass is 10.2. The Kier molecular flexibility index (Phi) is 8.14. The molecule has 1 fully saturated rings. The number of aromatic nitrogens is 3. The third kappa shape index (κ3) is 5.71. The molecule has 2 aromatic carbocycles. The summed E-state index contributed by atoms with van der Waals surface area (Å²) in [6, 6.07) is 13.8. The second kappa shape index (κ2) is 11.5. The Hall–Kier alpha value is -3.24. The molecule has 35 heavy (non-hydrogen) atoms. The third-order valence-electron chi connectivity index (χ3n) is 5.88. The van der Waals surface area contributed by atoms with E-state index in [-0.39, 0.29) is 11.7 Å². The molecule has 4 rings (SSSR count). The van der Waals surface area contributed by atoms with Crippen LogP contribution in [0.15, 0.2) is 47.6 Å². The maximum Gasteiger partial charge on any atom is 0.233 e. The van der Waals surface area contributed by atoms with Crippen molar-refractivity contribution < 1.29 is 19.0 Å². The molecule has 0 unspecified atom stereocenters. The van der Waals surface area contributed by atoms with E-state index in [2.05, 4.69) is 34.2 Å². The van der Waals surface area contributed by atoms with Gasteiger partial charge in [0.25, 0.3) is 0 Å². The van der Waals surface area contributed by atoms with Crippen molar-refractivity contribution in [3.63, 3.8) is 0 Å². The fourth-order valence-corrected chi connectivity index (χ4v) is 4.81. The molecular formula is C25H31N5O4S. The van der Waals surface area contributed by atoms with Crippen molar-refractivity contribution in [3.05, 3.63) is 53.6 Å². The maximum absolute atomic E-state index is 13.0. The van der Waals surface area contributed by atoms with E-state index >= 15 is 0 Å². The van der Waals surface area contributed by atoms with Crippen molar-refractivity contribution in [1.82, 2.24) is 19.7 Å². The van der Waals surface area contributed by atoms with E-state index in [1.54, 1.807) is 26.2 Å². The van der Waals surface area contributed by atoms with Crippen LogP contribution in [0.3, 0.4) is 0 Å². The number of rotatable bonds is 9. The average molecular weight is 498 g/mol. The van der Waals surface area contributed by atoms with Gasteiger partial charge in [-0.15, -0.1) is 10.2 Å². The molecule has 0 saturated carbocycles. The van der Waals surface area contributed by atoms with Gasteiger partial charge in [-0.3, -0.25) is 9.36 Å². The minimum atomic E-state index is -0.00274. The van der Waals surface area contributed by atoms with Crippen LogP contribution < -0.4 is 14.4 Å². The highest BCUT2D eigenvalue weighted by Crippen LogP contribution is 2.30. The van der Waals surface area contributed by atoms with Gasteiger partial charge >= 0.3 is 0 Å². The Labute approximate surface area is 210 Å². The summed E-state index contributed by atoms with van der Waals surface area (Å²) in [6.07, 6.45) is 0. The molecule has 10 heteroatoms. The average Bonchev–Trinajstić information content (AvgIpc) is 3.31. The summed E-state index contributed by atoms with van der Waals surface area (Å²) < 4.78 is 18.2. The van der Waals surface area contributed by atoms with Crippen LogP contribution in [0.25, 0.3) is 5.69 Å². The van der Waals surface area contributed by atoms with Crippen LogP contribution in [-0.4, -0.2) is 78.9 Å². The van der Waals surface area contributed by atoms with Crippen LogP contribution >= 0.6 is 11.8 Å². The number of hydrogen-bond donors (Lipinski definition) is 0. The number of methoxy groups -OCH3 is 2. The summed E-state index contributed by atoms with van der Waals surface area (Å²) in [7, 11) is 5.00. The summed E-state index contributed by atoms with van der Waals surface area (Å²) in [5.74, 6) is 2.32. The minimum Gasteiger partial charge on any atom is -0.493 e. The van der Waals surface area contributed by atoms with Crippen molar-refractivity contribution in [2.24, 2.45) is 0 Å². The van der Waals surface area contributed by atoms with Gasteiger partial charge < -0.3 is 24.0 Å². The first-order chi connectivity index (χ1) is 17.0. The van der Waals surface area contributed by atoms with Gasteiger partial charge in [-0.2, -0.15) is 0 Å². The Morgan fingerprint density at radius 3 is 2.54 bits per heavy atom. The maximum atomic E-state index is 13.0. The number of benzene rings is 2. The zero-order valence-corrected chi connectivity index (χ0v) is 21.4. The lowest BCUT2D eigenvalue weighted by molar-refractivity contribution is -0.127. The van der Waals surface area contributed by atoms with Crippen molar-refractivity contribution >= 4 is 23.6 Å². The van der Waals surface area contributed by atoms with Crippen LogP contribution in [0.4, 0.5) is 5.95 Å². The molecule has 0 radical (unpaired) electrons. The molecule has 1 amide bonds. The highest BCUT2D eigenvalue weighted by Gasteiger charge is 2.23. The second-order valence-corrected chi connectivity index (χ2v) is 9.17. The zero-order chi connectivity index (χ0) is 24.8. The van der Waals surface area contributed by atoms with Crippen LogP contribution in [0.1, 0.15) is 11.1 Å². The van der Waals surface area contributed by atoms with E-state index in [9.17, 15) is 4.79 Å². The number of carbonyl (C=O) groups is 1. The van der Waals surface area contributed by atoms with Gasteiger partial charge in [-0.05, 0) is 36.2 Å². The predicted molar refractivity (Wildman–Crippen MR) is 136 cm³/mol. The number of nitrogens with zero attached hydrogens (tertiary/aromatic N) is 5. The molecule has 1 aromatic heterocycles. The Balaban J connectivity index is 1.49. The Bertz CT molecular complexity index is 1160. The highest BCUT2D eigenvalue weighted by molar-refractivity contribution is 7.99. The predicted octanol–water partition coefficient (Wildman–Crippen LogP) is 3.18. The smallest absolute Gasteiger partial charge is 0.233 e. The summed E-state index contributed by atoms with van der Waals surface area (Å²) in [5.41, 5.74) is 3.08. The molecule has 1 aliphatic heterocycles. The fourth-order valence-electron chi connectivity index (χ4n) is 3.93. The lowest BCUT2D eigenvalue weighted by Crippen LogP contribution is -2.38. The largest absolute Gasteiger partial charge is 0.493 e. The van der Waals surface area contributed by atoms with E-state index in [1.165, 1.54) is 11.8 Å². The monoisotopic (exact) mass is 497 g/mol. The number of para-hydroxylation sites is 1. The summed E-state index contributed by atoms with van der Waals surface area (Å²) in [5, 5.41) is 9.64. The standard InChI is InChI=1S/C25H31N5O4S/c1-18-7-5-6-8-20(18)30-24(29-11-13-34-14-12-29)26-27-25(30)35-17-23(31)28(2)16-19-9-10-21(32-3)22(15-19)33-4/h5-10,15H,11-14,16-17H2,1-4H3. The molecule has 0 N–H and O–H groups in total. The lowest BCUT2D eigenvalue weighted by Gasteiger charge is -2.28. The van der Waals surface area contributed by atoms with Crippen LogP contribution in [-0.2, 0) is 16.1 Å². The molecule has 0 aliphatic carbocycles. The number of thioether (sulfide) groups is 1. The molecule has 1 saturated heterocycles. The topological polar surface area (TPSA) is 82.0 Å². The SMILES string of the molecule is COc1ccc(CN(C)C(=O)CSc2nnc(N3CCOCC3)n2-c2ccccc2C)cc1OC. The number of anilines is 1. The molecule has 1 aliphatic rings. The van der Waals surface area contributed by atoms with E-state index < -0.39 is 0 Å². The number of morpholine rings is 1. The van der Waals surface area contributed by atoms with E-state index in [0.29, 0.717) is 36.4 Å². The Morgan fingerprint density at radius 2 is 1.83 bits per heavy atom. The number of aryl methyl sites for hydroxylation is 1. The minimum absolute atomic E-state index is 0.00274. The summed E-state index contributed by atoms with van der Waals surface area (Å²) >= 11 is 1.39. The van der Waals surface area contributed by atoms with E-state index in [1.807, 2.05) is 34.9 Å². The van der Waals surface area contributed by atoms with Gasteiger partial charge in [0.2, 0.25) is 11.9 Å². The molecule has 0 bridgehead atoms. The van der Waals surface area contributed by atoms with Gasteiger partial charge in [0.1, 0.15) is 0 Å². The first-order valence-corrected chi connectivity index (χ1v) is 12.4. The molecule has 9 nitrogen and oxygen atoms in total. The molecule has 2 heterocycles. The number of carbonyl (C=O) groups excluding carboxylic acids is 1. The van der Waals surface area contributed by atoms with Gasteiger partial charge in [0, 0.05) is 26.7 Å². The number of amides is 1. The quantitative estimate of drug-likeness (QED) is 0.417. The van der Waals surface area contributed by atoms with Gasteiger partial charge in [-0.25, -0.2) is 0 Å². The molecule has 0 spiro atoms. The van der Waals surface area contributed by atoms with Crippen molar-refractivity contribution in [3.8, 4) is 17.2 Å². The van der Waals surface area contributed by atoms with E-state index in [0.717, 1.165) is 35.9 Å². The van der Waals surface area contributed by atoms with Crippen molar-refractivity contribution in [2.75, 3.05) is 58.2 Å². The van der Waals surface area contributed by atoms with Gasteiger partial charge in [0.05, 0.1) is 38.9 Å². The molecule has 0 atom stereocenters. The normalized spacial score (nSPS) is 13.5.